The number of hydrogen-bond acceptors (Lipinski definition) is 4. The fraction of sp³-hybridized carbons (Fsp3) is 0.900. The average molecular weight is 242 g/mol. The second-order valence-corrected chi connectivity index (χ2v) is 5.10. The number of likely N-dealkylation sites (tertiary alicyclic amines) is 1. The van der Waals surface area contributed by atoms with Crippen molar-refractivity contribution in [1.82, 2.24) is 4.90 Å². The van der Waals surface area contributed by atoms with E-state index >= 15 is 0 Å². The third kappa shape index (κ3) is 3.80. The number of ether oxygens (including phenoxy) is 1. The second kappa shape index (κ2) is 5.25. The van der Waals surface area contributed by atoms with Crippen molar-refractivity contribution >= 4 is 6.09 Å². The molecule has 1 amide bonds. The molecule has 1 fully saturated rings. The lowest BCUT2D eigenvalue weighted by Gasteiger charge is -2.24. The van der Waals surface area contributed by atoms with Crippen LogP contribution in [0, 0.1) is 5.92 Å². The van der Waals surface area contributed by atoms with Gasteiger partial charge in [-0.3, -0.25) is 0 Å². The molecule has 96 valence electrons. The van der Waals surface area contributed by atoms with E-state index in [1.807, 2.05) is 0 Å². The molecule has 7 heteroatoms. The first-order valence-corrected chi connectivity index (χ1v) is 5.50. The van der Waals surface area contributed by atoms with Crippen LogP contribution in [0.3, 0.4) is 0 Å². The van der Waals surface area contributed by atoms with Crippen molar-refractivity contribution in [2.45, 2.75) is 32.4 Å². The van der Waals surface area contributed by atoms with E-state index in [0.717, 1.165) is 0 Å². The summed E-state index contributed by atoms with van der Waals surface area (Å²) < 4.78 is 5.21. The van der Waals surface area contributed by atoms with E-state index < -0.39 is 11.7 Å². The van der Waals surface area contributed by atoms with Gasteiger partial charge in [0.1, 0.15) is 5.60 Å². The summed E-state index contributed by atoms with van der Waals surface area (Å²) in [7, 11) is 0. The predicted octanol–water partition coefficient (Wildman–Crippen LogP) is 1.52. The molecule has 0 aromatic carbocycles. The summed E-state index contributed by atoms with van der Waals surface area (Å²) in [6.07, 6.45) is -0.438. The predicted molar refractivity (Wildman–Crippen MR) is 61.3 cm³/mol. The summed E-state index contributed by atoms with van der Waals surface area (Å²) in [6.45, 7) is 5.91. The number of rotatable bonds is 2. The van der Waals surface area contributed by atoms with Gasteiger partial charge in [0.05, 0.1) is 6.04 Å². The number of azide groups is 1. The Hall–Kier alpha value is -1.46. The van der Waals surface area contributed by atoms with Crippen molar-refractivity contribution in [3.05, 3.63) is 10.4 Å². The first-order chi connectivity index (χ1) is 7.87. The third-order valence-corrected chi connectivity index (χ3v) is 2.49. The molecule has 0 saturated carbocycles. The fourth-order valence-corrected chi connectivity index (χ4v) is 1.71. The Morgan fingerprint density at radius 2 is 2.24 bits per heavy atom. The molecule has 0 radical (unpaired) electrons. The number of carbonyl (C=O) groups excluding carboxylic acids is 1. The van der Waals surface area contributed by atoms with Crippen molar-refractivity contribution in [1.29, 1.82) is 0 Å². The van der Waals surface area contributed by atoms with E-state index in [9.17, 15) is 4.79 Å². The van der Waals surface area contributed by atoms with Gasteiger partial charge in [-0.15, -0.1) is 0 Å². The zero-order valence-corrected chi connectivity index (χ0v) is 10.3. The van der Waals surface area contributed by atoms with E-state index in [1.165, 1.54) is 4.90 Å². The summed E-state index contributed by atoms with van der Waals surface area (Å²) in [5.74, 6) is -0.210. The molecule has 0 spiro atoms. The van der Waals surface area contributed by atoms with Crippen LogP contribution in [0.4, 0.5) is 4.79 Å². The molecule has 1 rings (SSSR count). The maximum atomic E-state index is 11.8. The second-order valence-electron chi connectivity index (χ2n) is 5.10. The molecule has 1 saturated heterocycles. The van der Waals surface area contributed by atoms with Gasteiger partial charge >= 0.3 is 6.09 Å². The van der Waals surface area contributed by atoms with Gasteiger partial charge in [-0.05, 0) is 26.3 Å². The van der Waals surface area contributed by atoms with Gasteiger partial charge in [0.2, 0.25) is 0 Å². The van der Waals surface area contributed by atoms with Crippen LogP contribution in [0.2, 0.25) is 0 Å². The largest absolute Gasteiger partial charge is 0.444 e. The van der Waals surface area contributed by atoms with Crippen molar-refractivity contribution < 1.29 is 14.6 Å². The Morgan fingerprint density at radius 1 is 1.59 bits per heavy atom. The fourth-order valence-electron chi connectivity index (χ4n) is 1.71. The van der Waals surface area contributed by atoms with Crippen molar-refractivity contribution in [2.75, 3.05) is 19.7 Å². The highest BCUT2D eigenvalue weighted by atomic mass is 16.6. The van der Waals surface area contributed by atoms with Crippen LogP contribution < -0.4 is 0 Å². The summed E-state index contributed by atoms with van der Waals surface area (Å²) in [5.41, 5.74) is 7.84. The van der Waals surface area contributed by atoms with Crippen molar-refractivity contribution in [3.63, 3.8) is 0 Å². The van der Waals surface area contributed by atoms with Gasteiger partial charge in [0.15, 0.2) is 0 Å². The summed E-state index contributed by atoms with van der Waals surface area (Å²) >= 11 is 0. The maximum absolute atomic E-state index is 11.8. The lowest BCUT2D eigenvalue weighted by atomic mass is 10.1. The minimum absolute atomic E-state index is 0.108. The Bertz CT molecular complexity index is 333. The van der Waals surface area contributed by atoms with Crippen LogP contribution >= 0.6 is 0 Å². The molecule has 0 aromatic heterocycles. The topological polar surface area (TPSA) is 98.5 Å². The molecule has 1 heterocycles. The maximum Gasteiger partial charge on any atom is 0.410 e. The summed E-state index contributed by atoms with van der Waals surface area (Å²) in [5, 5.41) is 12.7. The van der Waals surface area contributed by atoms with Crippen molar-refractivity contribution in [2.24, 2.45) is 11.0 Å². The molecule has 0 aliphatic carbocycles. The van der Waals surface area contributed by atoms with Crippen LogP contribution in [0.15, 0.2) is 5.11 Å². The van der Waals surface area contributed by atoms with Crippen LogP contribution in [-0.2, 0) is 4.74 Å². The van der Waals surface area contributed by atoms with Crippen LogP contribution in [-0.4, -0.2) is 47.4 Å². The third-order valence-electron chi connectivity index (χ3n) is 2.49. The van der Waals surface area contributed by atoms with E-state index in [4.69, 9.17) is 15.4 Å². The SMILES string of the molecule is CC(C)(C)OC(=O)N1C[C@@H](CO)[C@@H](N=[N+]=[N-])C1. The number of carbonyl (C=O) groups is 1. The lowest BCUT2D eigenvalue weighted by Crippen LogP contribution is -2.35. The van der Waals surface area contributed by atoms with Gasteiger partial charge < -0.3 is 14.7 Å². The molecule has 7 nitrogen and oxygen atoms in total. The summed E-state index contributed by atoms with van der Waals surface area (Å²) in [6, 6.07) is -0.377. The highest BCUT2D eigenvalue weighted by Crippen LogP contribution is 2.22. The van der Waals surface area contributed by atoms with Gasteiger partial charge in [0.25, 0.3) is 0 Å². The molecule has 2 atom stereocenters. The Balaban J connectivity index is 2.64. The first-order valence-electron chi connectivity index (χ1n) is 5.50. The summed E-state index contributed by atoms with van der Waals surface area (Å²) in [4.78, 5) is 15.9. The van der Waals surface area contributed by atoms with Crippen molar-refractivity contribution in [3.8, 4) is 0 Å². The zero-order chi connectivity index (χ0) is 13.1. The zero-order valence-electron chi connectivity index (χ0n) is 10.3. The standard InChI is InChI=1S/C10H18N4O3/c1-10(2,3)17-9(16)14-4-7(6-15)8(5-14)12-13-11/h7-8,15H,4-6H2,1-3H3/t7-,8-/m0/s1. The molecule has 1 N–H and O–H groups in total. The van der Waals surface area contributed by atoms with Gasteiger partial charge in [0, 0.05) is 30.5 Å². The van der Waals surface area contributed by atoms with E-state index in [1.54, 1.807) is 20.8 Å². The Morgan fingerprint density at radius 3 is 2.71 bits per heavy atom. The first kappa shape index (κ1) is 13.6. The van der Waals surface area contributed by atoms with Crippen LogP contribution in [0.25, 0.3) is 10.4 Å². The molecular weight excluding hydrogens is 224 g/mol. The number of aliphatic hydroxyl groups is 1. The lowest BCUT2D eigenvalue weighted by molar-refractivity contribution is 0.0283. The minimum atomic E-state index is -0.553. The highest BCUT2D eigenvalue weighted by molar-refractivity contribution is 5.68. The Kier molecular flexibility index (Phi) is 4.20. The molecule has 1 aliphatic heterocycles. The van der Waals surface area contributed by atoms with Gasteiger partial charge in [-0.2, -0.15) is 0 Å². The molecule has 1 aliphatic rings. The van der Waals surface area contributed by atoms with Crippen LogP contribution in [0.1, 0.15) is 20.8 Å². The smallest absolute Gasteiger partial charge is 0.410 e. The van der Waals surface area contributed by atoms with E-state index in [2.05, 4.69) is 10.0 Å². The quantitative estimate of drug-likeness (QED) is 0.451. The van der Waals surface area contributed by atoms with Gasteiger partial charge in [-0.1, -0.05) is 5.11 Å². The molecule has 0 bridgehead atoms. The number of aliphatic hydroxyl groups excluding tert-OH is 1. The van der Waals surface area contributed by atoms with E-state index in [-0.39, 0.29) is 18.6 Å². The number of nitrogens with zero attached hydrogens (tertiary/aromatic N) is 4. The highest BCUT2D eigenvalue weighted by Gasteiger charge is 2.36. The monoisotopic (exact) mass is 242 g/mol. The van der Waals surface area contributed by atoms with Gasteiger partial charge in [-0.25, -0.2) is 4.79 Å². The molecule has 17 heavy (non-hydrogen) atoms. The number of hydrogen-bond donors (Lipinski definition) is 1. The van der Waals surface area contributed by atoms with Crippen LogP contribution in [0.5, 0.6) is 0 Å². The average Bonchev–Trinajstić information content (AvgIpc) is 2.59. The normalized spacial score (nSPS) is 24.4. The molecular formula is C10H18N4O3. The minimum Gasteiger partial charge on any atom is -0.444 e. The van der Waals surface area contributed by atoms with E-state index in [0.29, 0.717) is 13.1 Å². The molecule has 0 unspecified atom stereocenters. The Labute approximate surface area is 100.0 Å². The number of amides is 1. The molecule has 0 aromatic rings.